The van der Waals surface area contributed by atoms with E-state index in [0.717, 1.165) is 5.92 Å². The average Bonchev–Trinajstić information content (AvgIpc) is 2.55. The second kappa shape index (κ2) is 3.58. The molecule has 0 bridgehead atoms. The summed E-state index contributed by atoms with van der Waals surface area (Å²) in [6, 6.07) is 0. The van der Waals surface area contributed by atoms with E-state index in [4.69, 9.17) is 10.5 Å². The molecule has 1 spiro atoms. The molecule has 1 saturated heterocycles. The Hall–Kier alpha value is -0.0800. The third kappa shape index (κ3) is 1.89. The first-order chi connectivity index (χ1) is 6.24. The Morgan fingerprint density at radius 2 is 1.85 bits per heavy atom. The predicted molar refractivity (Wildman–Crippen MR) is 53.5 cm³/mol. The van der Waals surface area contributed by atoms with Crippen molar-refractivity contribution >= 4 is 0 Å². The minimum atomic E-state index is 0.247. The Labute approximate surface area is 80.8 Å². The minimum Gasteiger partial charge on any atom is -0.370 e. The lowest BCUT2D eigenvalue weighted by Gasteiger charge is -2.36. The molecule has 0 radical (unpaired) electrons. The van der Waals surface area contributed by atoms with E-state index in [9.17, 15) is 0 Å². The second-order valence-corrected chi connectivity index (χ2v) is 4.88. The van der Waals surface area contributed by atoms with Crippen molar-refractivity contribution in [3.05, 3.63) is 0 Å². The smallest absolute Gasteiger partial charge is 0.0705 e. The van der Waals surface area contributed by atoms with Crippen molar-refractivity contribution in [1.82, 2.24) is 0 Å². The van der Waals surface area contributed by atoms with Crippen LogP contribution in [0.15, 0.2) is 0 Å². The molecule has 2 heteroatoms. The maximum absolute atomic E-state index is 6.06. The van der Waals surface area contributed by atoms with E-state index in [1.165, 1.54) is 38.5 Å². The van der Waals surface area contributed by atoms with E-state index in [1.807, 2.05) is 0 Å². The van der Waals surface area contributed by atoms with Gasteiger partial charge in [0.2, 0.25) is 0 Å². The molecular formula is C11H21NO. The van der Waals surface area contributed by atoms with Crippen LogP contribution < -0.4 is 5.73 Å². The van der Waals surface area contributed by atoms with Crippen LogP contribution in [-0.4, -0.2) is 18.2 Å². The van der Waals surface area contributed by atoms with Crippen LogP contribution in [0.5, 0.6) is 0 Å². The molecule has 1 heterocycles. The standard InChI is InChI=1S/C11H21NO/c1-9-2-5-11(6-3-9)7-4-10(8-12)13-11/h9-10H,2-8,12H2,1H3/t9?,10-,11?/m0/s1. The van der Waals surface area contributed by atoms with Gasteiger partial charge in [-0.1, -0.05) is 6.92 Å². The third-order valence-corrected chi connectivity index (χ3v) is 3.79. The van der Waals surface area contributed by atoms with E-state index in [-0.39, 0.29) is 5.60 Å². The quantitative estimate of drug-likeness (QED) is 0.675. The van der Waals surface area contributed by atoms with Crippen LogP contribution in [-0.2, 0) is 4.74 Å². The van der Waals surface area contributed by atoms with Crippen LogP contribution >= 0.6 is 0 Å². The summed E-state index contributed by atoms with van der Waals surface area (Å²) in [5, 5.41) is 0. The highest BCUT2D eigenvalue weighted by atomic mass is 16.5. The van der Waals surface area contributed by atoms with Gasteiger partial charge in [-0.3, -0.25) is 0 Å². The van der Waals surface area contributed by atoms with Crippen LogP contribution in [0, 0.1) is 5.92 Å². The number of ether oxygens (including phenoxy) is 1. The van der Waals surface area contributed by atoms with E-state index in [0.29, 0.717) is 12.6 Å². The van der Waals surface area contributed by atoms with Gasteiger partial charge in [0.05, 0.1) is 11.7 Å². The third-order valence-electron chi connectivity index (χ3n) is 3.79. The summed E-state index contributed by atoms with van der Waals surface area (Å²) < 4.78 is 6.06. The molecule has 76 valence electrons. The molecule has 1 saturated carbocycles. The SMILES string of the molecule is CC1CCC2(CC1)CC[C@@H](CN)O2. The maximum Gasteiger partial charge on any atom is 0.0705 e. The molecule has 2 nitrogen and oxygen atoms in total. The van der Waals surface area contributed by atoms with Gasteiger partial charge in [0.15, 0.2) is 0 Å². The molecular weight excluding hydrogens is 162 g/mol. The first-order valence-electron chi connectivity index (χ1n) is 5.62. The van der Waals surface area contributed by atoms with Crippen LogP contribution in [0.2, 0.25) is 0 Å². The lowest BCUT2D eigenvalue weighted by atomic mass is 9.78. The minimum absolute atomic E-state index is 0.247. The van der Waals surface area contributed by atoms with Crippen molar-refractivity contribution in [2.45, 2.75) is 57.2 Å². The highest BCUT2D eigenvalue weighted by Crippen LogP contribution is 2.43. The molecule has 0 amide bonds. The summed E-state index contributed by atoms with van der Waals surface area (Å²) in [6.07, 6.45) is 8.02. The van der Waals surface area contributed by atoms with Crippen LogP contribution in [0.4, 0.5) is 0 Å². The fraction of sp³-hybridized carbons (Fsp3) is 1.00. The Kier molecular flexibility index (Phi) is 2.61. The van der Waals surface area contributed by atoms with Crippen LogP contribution in [0.1, 0.15) is 45.4 Å². The Morgan fingerprint density at radius 1 is 1.23 bits per heavy atom. The van der Waals surface area contributed by atoms with Gasteiger partial charge >= 0.3 is 0 Å². The fourth-order valence-corrected chi connectivity index (χ4v) is 2.72. The zero-order valence-corrected chi connectivity index (χ0v) is 8.59. The summed E-state index contributed by atoms with van der Waals surface area (Å²) in [6.45, 7) is 3.06. The van der Waals surface area contributed by atoms with E-state index in [2.05, 4.69) is 6.92 Å². The fourth-order valence-electron chi connectivity index (χ4n) is 2.72. The number of hydrogen-bond donors (Lipinski definition) is 1. The van der Waals surface area contributed by atoms with E-state index < -0.39 is 0 Å². The zero-order chi connectivity index (χ0) is 9.31. The van der Waals surface area contributed by atoms with Crippen LogP contribution in [0.3, 0.4) is 0 Å². The summed E-state index contributed by atoms with van der Waals surface area (Å²) in [5.74, 6) is 0.908. The lowest BCUT2D eigenvalue weighted by molar-refractivity contribution is -0.0667. The molecule has 0 aromatic rings. The molecule has 0 aromatic heterocycles. The van der Waals surface area contributed by atoms with Crippen molar-refractivity contribution in [1.29, 1.82) is 0 Å². The van der Waals surface area contributed by atoms with Crippen LogP contribution in [0.25, 0.3) is 0 Å². The van der Waals surface area contributed by atoms with E-state index in [1.54, 1.807) is 0 Å². The van der Waals surface area contributed by atoms with Gasteiger partial charge in [-0.25, -0.2) is 0 Å². The van der Waals surface area contributed by atoms with Crippen molar-refractivity contribution in [3.8, 4) is 0 Å². The van der Waals surface area contributed by atoms with Crippen molar-refractivity contribution < 1.29 is 4.74 Å². The van der Waals surface area contributed by atoms with Crippen molar-refractivity contribution in [2.24, 2.45) is 11.7 Å². The molecule has 1 aliphatic heterocycles. The summed E-state index contributed by atoms with van der Waals surface area (Å²) in [4.78, 5) is 0. The van der Waals surface area contributed by atoms with Gasteiger partial charge in [-0.05, 0) is 44.4 Å². The van der Waals surface area contributed by atoms with Gasteiger partial charge in [0.25, 0.3) is 0 Å². The van der Waals surface area contributed by atoms with Gasteiger partial charge in [0, 0.05) is 6.54 Å². The molecule has 0 aromatic carbocycles. The Balaban J connectivity index is 1.92. The lowest BCUT2D eigenvalue weighted by Crippen LogP contribution is -2.35. The van der Waals surface area contributed by atoms with Gasteiger partial charge < -0.3 is 10.5 Å². The molecule has 2 N–H and O–H groups in total. The van der Waals surface area contributed by atoms with E-state index >= 15 is 0 Å². The number of nitrogens with two attached hydrogens (primary N) is 1. The average molecular weight is 183 g/mol. The summed E-state index contributed by atoms with van der Waals surface area (Å²) in [5.41, 5.74) is 5.87. The Bertz CT molecular complexity index is 173. The first-order valence-corrected chi connectivity index (χ1v) is 5.62. The number of rotatable bonds is 1. The van der Waals surface area contributed by atoms with Gasteiger partial charge in [0.1, 0.15) is 0 Å². The molecule has 2 fully saturated rings. The predicted octanol–water partition coefficient (Wildman–Crippen LogP) is 2.07. The largest absolute Gasteiger partial charge is 0.370 e. The molecule has 1 aliphatic carbocycles. The summed E-state index contributed by atoms with van der Waals surface area (Å²) in [7, 11) is 0. The molecule has 0 unspecified atom stereocenters. The zero-order valence-electron chi connectivity index (χ0n) is 8.59. The topological polar surface area (TPSA) is 35.2 Å². The second-order valence-electron chi connectivity index (χ2n) is 4.88. The van der Waals surface area contributed by atoms with Crippen molar-refractivity contribution in [2.75, 3.05) is 6.54 Å². The Morgan fingerprint density at radius 3 is 2.38 bits per heavy atom. The summed E-state index contributed by atoms with van der Waals surface area (Å²) >= 11 is 0. The molecule has 1 atom stereocenters. The highest BCUT2D eigenvalue weighted by molar-refractivity contribution is 4.92. The molecule has 13 heavy (non-hydrogen) atoms. The molecule has 2 aliphatic rings. The number of hydrogen-bond acceptors (Lipinski definition) is 2. The highest BCUT2D eigenvalue weighted by Gasteiger charge is 2.41. The van der Waals surface area contributed by atoms with Crippen molar-refractivity contribution in [3.63, 3.8) is 0 Å². The maximum atomic E-state index is 6.06. The van der Waals surface area contributed by atoms with Gasteiger partial charge in [-0.2, -0.15) is 0 Å². The first kappa shape index (κ1) is 9.47. The normalized spacial score (nSPS) is 45.7. The monoisotopic (exact) mass is 183 g/mol. The van der Waals surface area contributed by atoms with Gasteiger partial charge in [-0.15, -0.1) is 0 Å². The molecule has 2 rings (SSSR count).